The van der Waals surface area contributed by atoms with Gasteiger partial charge in [-0.05, 0) is 59.5 Å². The Morgan fingerprint density at radius 2 is 1.73 bits per heavy atom. The minimum atomic E-state index is -0.531. The zero-order chi connectivity index (χ0) is 21.3. The molecule has 3 aromatic carbocycles. The van der Waals surface area contributed by atoms with E-state index in [1.54, 1.807) is 30.3 Å². The molecule has 0 saturated heterocycles. The van der Waals surface area contributed by atoms with E-state index in [0.29, 0.717) is 28.3 Å². The van der Waals surface area contributed by atoms with E-state index < -0.39 is 5.76 Å². The van der Waals surface area contributed by atoms with E-state index in [4.69, 9.17) is 4.42 Å². The number of anilines is 1. The first-order chi connectivity index (χ1) is 14.4. The summed E-state index contributed by atoms with van der Waals surface area (Å²) < 4.78 is 19.9. The molecule has 0 aliphatic carbocycles. The van der Waals surface area contributed by atoms with E-state index in [9.17, 15) is 14.0 Å². The molecule has 1 N–H and O–H groups in total. The van der Waals surface area contributed by atoms with Gasteiger partial charge >= 0.3 is 5.76 Å². The van der Waals surface area contributed by atoms with Crippen molar-refractivity contribution < 1.29 is 13.6 Å². The Morgan fingerprint density at radius 3 is 2.40 bits per heavy atom. The van der Waals surface area contributed by atoms with E-state index >= 15 is 0 Å². The maximum Gasteiger partial charge on any atom is 0.420 e. The van der Waals surface area contributed by atoms with Gasteiger partial charge in [-0.3, -0.25) is 9.36 Å². The van der Waals surface area contributed by atoms with E-state index in [-0.39, 0.29) is 18.3 Å². The zero-order valence-electron chi connectivity index (χ0n) is 16.7. The van der Waals surface area contributed by atoms with Crippen molar-refractivity contribution in [2.75, 3.05) is 5.32 Å². The van der Waals surface area contributed by atoms with Crippen LogP contribution in [-0.4, -0.2) is 10.5 Å². The fraction of sp³-hybridized carbons (Fsp3) is 0.167. The molecule has 1 heterocycles. The highest BCUT2D eigenvalue weighted by Crippen LogP contribution is 2.20. The number of rotatable bonds is 5. The van der Waals surface area contributed by atoms with Crippen molar-refractivity contribution in [3.63, 3.8) is 0 Å². The fourth-order valence-corrected chi connectivity index (χ4v) is 3.28. The molecule has 0 bridgehead atoms. The molecular formula is C24H21FN2O3. The Morgan fingerprint density at radius 1 is 1.03 bits per heavy atom. The molecule has 30 heavy (non-hydrogen) atoms. The molecule has 0 unspecified atom stereocenters. The summed E-state index contributed by atoms with van der Waals surface area (Å²) in [6.45, 7) is 4.44. The summed E-state index contributed by atoms with van der Waals surface area (Å²) in [7, 11) is 0. The average molecular weight is 404 g/mol. The number of aromatic nitrogens is 1. The summed E-state index contributed by atoms with van der Waals surface area (Å²) in [6.07, 6.45) is 0. The van der Waals surface area contributed by atoms with Crippen molar-refractivity contribution in [3.8, 4) is 0 Å². The number of hydrogen-bond donors (Lipinski definition) is 1. The Hall–Kier alpha value is -3.67. The molecule has 0 saturated carbocycles. The number of halogens is 1. The average Bonchev–Trinajstić information content (AvgIpc) is 3.04. The number of carbonyl (C=O) groups excluding carboxylic acids is 1. The van der Waals surface area contributed by atoms with E-state index in [1.165, 1.54) is 22.3 Å². The molecule has 4 aromatic rings. The van der Waals surface area contributed by atoms with Crippen LogP contribution in [0.1, 0.15) is 41.3 Å². The quantitative estimate of drug-likeness (QED) is 0.500. The van der Waals surface area contributed by atoms with Gasteiger partial charge in [-0.25, -0.2) is 9.18 Å². The van der Waals surface area contributed by atoms with Gasteiger partial charge in [0, 0.05) is 11.3 Å². The third-order valence-electron chi connectivity index (χ3n) is 5.02. The summed E-state index contributed by atoms with van der Waals surface area (Å²) in [6, 6.07) is 18.5. The number of hydrogen-bond acceptors (Lipinski definition) is 3. The maximum absolute atomic E-state index is 13.1. The van der Waals surface area contributed by atoms with Crippen molar-refractivity contribution in [2.45, 2.75) is 26.3 Å². The number of nitrogens with zero attached hydrogens (tertiary/aromatic N) is 1. The van der Waals surface area contributed by atoms with Gasteiger partial charge in [0.1, 0.15) is 5.82 Å². The fourth-order valence-electron chi connectivity index (χ4n) is 3.28. The summed E-state index contributed by atoms with van der Waals surface area (Å²) in [5.41, 5.74) is 3.94. The van der Waals surface area contributed by atoms with Crippen LogP contribution in [0.15, 0.2) is 75.9 Å². The van der Waals surface area contributed by atoms with Crippen LogP contribution in [0.4, 0.5) is 10.1 Å². The first-order valence-corrected chi connectivity index (χ1v) is 9.70. The normalized spacial score (nSPS) is 11.2. The summed E-state index contributed by atoms with van der Waals surface area (Å²) in [4.78, 5) is 25.0. The summed E-state index contributed by atoms with van der Waals surface area (Å²) >= 11 is 0. The molecule has 1 amide bonds. The molecule has 0 radical (unpaired) electrons. The van der Waals surface area contributed by atoms with Gasteiger partial charge in [0.25, 0.3) is 5.91 Å². The van der Waals surface area contributed by atoms with Crippen LogP contribution >= 0.6 is 0 Å². The first kappa shape index (κ1) is 19.6. The van der Waals surface area contributed by atoms with Crippen LogP contribution < -0.4 is 11.1 Å². The number of nitrogens with one attached hydrogen (secondary N) is 1. The first-order valence-electron chi connectivity index (χ1n) is 9.70. The lowest BCUT2D eigenvalue weighted by Gasteiger charge is -2.09. The number of amides is 1. The number of fused-ring (bicyclic) bond motifs is 1. The van der Waals surface area contributed by atoms with Gasteiger partial charge in [0.15, 0.2) is 5.58 Å². The van der Waals surface area contributed by atoms with Crippen molar-refractivity contribution in [3.05, 3.63) is 99.8 Å². The van der Waals surface area contributed by atoms with E-state index in [1.807, 2.05) is 24.3 Å². The molecule has 0 spiro atoms. The van der Waals surface area contributed by atoms with E-state index in [0.717, 1.165) is 5.56 Å². The van der Waals surface area contributed by atoms with Gasteiger partial charge in [-0.1, -0.05) is 38.1 Å². The standard InChI is InChI=1S/C24H21FN2O3/c1-15(2)17-5-10-20(11-6-17)26-23(28)18-7-12-22-21(13-18)27(24(29)30-22)14-16-3-8-19(25)9-4-16/h3-13,15H,14H2,1-2H3,(H,26,28). The predicted octanol–water partition coefficient (Wildman–Crippen LogP) is 5.16. The number of carbonyl (C=O) groups is 1. The SMILES string of the molecule is CC(C)c1ccc(NC(=O)c2ccc3oc(=O)n(Cc4ccc(F)cc4)c3c2)cc1. The van der Waals surface area contributed by atoms with Crippen LogP contribution in [0.25, 0.3) is 11.1 Å². The minimum Gasteiger partial charge on any atom is -0.408 e. The maximum atomic E-state index is 13.1. The summed E-state index contributed by atoms with van der Waals surface area (Å²) in [5.74, 6) is -0.744. The molecule has 6 heteroatoms. The van der Waals surface area contributed by atoms with Crippen molar-refractivity contribution in [2.24, 2.45) is 0 Å². The second kappa shape index (κ2) is 7.99. The smallest absolute Gasteiger partial charge is 0.408 e. The van der Waals surface area contributed by atoms with Gasteiger partial charge in [0.2, 0.25) is 0 Å². The predicted molar refractivity (Wildman–Crippen MR) is 114 cm³/mol. The van der Waals surface area contributed by atoms with Gasteiger partial charge < -0.3 is 9.73 Å². The van der Waals surface area contributed by atoms with Gasteiger partial charge in [-0.2, -0.15) is 0 Å². The third-order valence-corrected chi connectivity index (χ3v) is 5.02. The Balaban J connectivity index is 1.61. The molecule has 0 fully saturated rings. The number of benzene rings is 3. The number of oxazole rings is 1. The second-order valence-corrected chi connectivity index (χ2v) is 7.49. The molecule has 1 aromatic heterocycles. The largest absolute Gasteiger partial charge is 0.420 e. The van der Waals surface area contributed by atoms with Crippen molar-refractivity contribution in [1.82, 2.24) is 4.57 Å². The van der Waals surface area contributed by atoms with Crippen LogP contribution in [0, 0.1) is 5.82 Å². The molecule has 0 aliphatic heterocycles. The highest BCUT2D eigenvalue weighted by Gasteiger charge is 2.14. The summed E-state index contributed by atoms with van der Waals surface area (Å²) in [5, 5.41) is 2.87. The van der Waals surface area contributed by atoms with Gasteiger partial charge in [-0.15, -0.1) is 0 Å². The van der Waals surface area contributed by atoms with Crippen LogP contribution in [0.5, 0.6) is 0 Å². The molecule has 152 valence electrons. The molecule has 5 nitrogen and oxygen atoms in total. The Kier molecular flexibility index (Phi) is 5.23. The molecular weight excluding hydrogens is 383 g/mol. The highest BCUT2D eigenvalue weighted by molar-refractivity contribution is 6.05. The molecule has 0 aliphatic rings. The minimum absolute atomic E-state index is 0.216. The van der Waals surface area contributed by atoms with E-state index in [2.05, 4.69) is 19.2 Å². The van der Waals surface area contributed by atoms with Gasteiger partial charge in [0.05, 0.1) is 12.1 Å². The molecule has 0 atom stereocenters. The van der Waals surface area contributed by atoms with Crippen LogP contribution in [0.3, 0.4) is 0 Å². The topological polar surface area (TPSA) is 64.2 Å². The molecule has 4 rings (SSSR count). The van der Waals surface area contributed by atoms with Crippen LogP contribution in [0.2, 0.25) is 0 Å². The lowest BCUT2D eigenvalue weighted by molar-refractivity contribution is 0.102. The highest BCUT2D eigenvalue weighted by atomic mass is 19.1. The lowest BCUT2D eigenvalue weighted by atomic mass is 10.0. The Labute approximate surface area is 172 Å². The second-order valence-electron chi connectivity index (χ2n) is 7.49. The lowest BCUT2D eigenvalue weighted by Crippen LogP contribution is -2.15. The van der Waals surface area contributed by atoms with Crippen molar-refractivity contribution in [1.29, 1.82) is 0 Å². The zero-order valence-corrected chi connectivity index (χ0v) is 16.7. The third kappa shape index (κ3) is 4.03. The monoisotopic (exact) mass is 404 g/mol. The van der Waals surface area contributed by atoms with Crippen molar-refractivity contribution >= 4 is 22.7 Å². The van der Waals surface area contributed by atoms with Crippen LogP contribution in [-0.2, 0) is 6.54 Å². The Bertz CT molecular complexity index is 1250.